The average molecular weight is 265 g/mol. The van der Waals surface area contributed by atoms with E-state index in [2.05, 4.69) is 15.1 Å². The van der Waals surface area contributed by atoms with Gasteiger partial charge in [0.1, 0.15) is 0 Å². The van der Waals surface area contributed by atoms with Crippen LogP contribution in [0.3, 0.4) is 0 Å². The summed E-state index contributed by atoms with van der Waals surface area (Å²) in [6, 6.07) is 1.82. The zero-order valence-corrected chi connectivity index (χ0v) is 12.4. The lowest BCUT2D eigenvalue weighted by Crippen LogP contribution is -2.49. The highest BCUT2D eigenvalue weighted by Gasteiger charge is 2.25. The molecule has 0 bridgehead atoms. The maximum atomic E-state index is 3.61. The molecule has 3 heteroatoms. The minimum Gasteiger partial charge on any atom is -0.314 e. The van der Waals surface area contributed by atoms with Crippen molar-refractivity contribution in [3.05, 3.63) is 0 Å². The second kappa shape index (κ2) is 7.05. The van der Waals surface area contributed by atoms with E-state index in [1.54, 1.807) is 0 Å². The fourth-order valence-electron chi connectivity index (χ4n) is 3.68. The van der Waals surface area contributed by atoms with Crippen molar-refractivity contribution >= 4 is 0 Å². The Bertz CT molecular complexity index is 251. The number of piperazine rings is 1. The molecule has 1 saturated heterocycles. The van der Waals surface area contributed by atoms with Crippen molar-refractivity contribution in [3.8, 4) is 0 Å². The number of rotatable bonds is 7. The third-order valence-corrected chi connectivity index (χ3v) is 5.16. The molecule has 2 aliphatic carbocycles. The van der Waals surface area contributed by atoms with E-state index in [0.29, 0.717) is 0 Å². The lowest BCUT2D eigenvalue weighted by atomic mass is 10.1. The summed E-state index contributed by atoms with van der Waals surface area (Å²) in [4.78, 5) is 5.45. The number of nitrogens with zero attached hydrogens (tertiary/aromatic N) is 2. The van der Waals surface area contributed by atoms with Gasteiger partial charge in [-0.2, -0.15) is 0 Å². The molecule has 19 heavy (non-hydrogen) atoms. The molecule has 2 saturated carbocycles. The minimum absolute atomic E-state index is 0.884. The lowest BCUT2D eigenvalue weighted by Gasteiger charge is -2.38. The molecule has 3 fully saturated rings. The third kappa shape index (κ3) is 4.44. The first-order valence-electron chi connectivity index (χ1n) is 8.61. The lowest BCUT2D eigenvalue weighted by molar-refractivity contribution is 0.0968. The Morgan fingerprint density at radius 2 is 1.58 bits per heavy atom. The van der Waals surface area contributed by atoms with Gasteiger partial charge in [0, 0.05) is 38.3 Å². The van der Waals surface area contributed by atoms with E-state index in [1.807, 2.05) is 0 Å². The van der Waals surface area contributed by atoms with Crippen LogP contribution in [0.1, 0.15) is 51.4 Å². The molecule has 3 rings (SSSR count). The average Bonchev–Trinajstić information content (AvgIpc) is 3.11. The zero-order valence-electron chi connectivity index (χ0n) is 12.4. The Balaban J connectivity index is 1.23. The normalized spacial score (nSPS) is 27.2. The van der Waals surface area contributed by atoms with Gasteiger partial charge in [0.15, 0.2) is 0 Å². The molecular formula is C16H31N3. The van der Waals surface area contributed by atoms with E-state index >= 15 is 0 Å². The number of hydrogen-bond acceptors (Lipinski definition) is 3. The van der Waals surface area contributed by atoms with Gasteiger partial charge >= 0.3 is 0 Å². The Labute approximate surface area is 118 Å². The van der Waals surface area contributed by atoms with Gasteiger partial charge in [-0.05, 0) is 51.6 Å². The summed E-state index contributed by atoms with van der Waals surface area (Å²) in [7, 11) is 0. The summed E-state index contributed by atoms with van der Waals surface area (Å²) >= 11 is 0. The van der Waals surface area contributed by atoms with Crippen LogP contribution in [0.4, 0.5) is 0 Å². The second-order valence-corrected chi connectivity index (χ2v) is 6.75. The van der Waals surface area contributed by atoms with E-state index in [9.17, 15) is 0 Å². The largest absolute Gasteiger partial charge is 0.314 e. The summed E-state index contributed by atoms with van der Waals surface area (Å²) in [5.74, 6) is 0. The van der Waals surface area contributed by atoms with E-state index in [1.165, 1.54) is 90.6 Å². The van der Waals surface area contributed by atoms with E-state index in [-0.39, 0.29) is 0 Å². The van der Waals surface area contributed by atoms with Crippen LogP contribution in [0.25, 0.3) is 0 Å². The predicted molar refractivity (Wildman–Crippen MR) is 80.5 cm³/mol. The van der Waals surface area contributed by atoms with Crippen molar-refractivity contribution < 1.29 is 0 Å². The fourth-order valence-corrected chi connectivity index (χ4v) is 3.68. The van der Waals surface area contributed by atoms with Crippen molar-refractivity contribution in [3.63, 3.8) is 0 Å². The van der Waals surface area contributed by atoms with Crippen LogP contribution in [0.5, 0.6) is 0 Å². The van der Waals surface area contributed by atoms with Crippen LogP contribution in [0.2, 0.25) is 0 Å². The molecule has 0 unspecified atom stereocenters. The quantitative estimate of drug-likeness (QED) is 0.711. The summed E-state index contributed by atoms with van der Waals surface area (Å²) in [6.45, 7) is 7.84. The van der Waals surface area contributed by atoms with Crippen LogP contribution in [-0.4, -0.2) is 61.2 Å². The Morgan fingerprint density at radius 1 is 0.842 bits per heavy atom. The smallest absolute Gasteiger partial charge is 0.0113 e. The molecule has 0 atom stereocenters. The molecule has 0 spiro atoms. The summed E-state index contributed by atoms with van der Waals surface area (Å²) in [6.07, 6.45) is 11.5. The van der Waals surface area contributed by atoms with Crippen molar-refractivity contribution in [2.45, 2.75) is 63.5 Å². The predicted octanol–water partition coefficient (Wildman–Crippen LogP) is 2.08. The standard InChI is InChI=1S/C16H31N3/c1-2-6-16(5-1)19-13-11-18(12-14-19)10-4-3-9-17-15-7-8-15/h15-17H,1-14H2. The van der Waals surface area contributed by atoms with Gasteiger partial charge in [-0.15, -0.1) is 0 Å². The molecule has 0 aromatic carbocycles. The Hall–Kier alpha value is -0.120. The van der Waals surface area contributed by atoms with Crippen LogP contribution < -0.4 is 5.32 Å². The van der Waals surface area contributed by atoms with Gasteiger partial charge in [0.2, 0.25) is 0 Å². The number of nitrogens with one attached hydrogen (secondary N) is 1. The van der Waals surface area contributed by atoms with Gasteiger partial charge in [-0.25, -0.2) is 0 Å². The molecule has 0 radical (unpaired) electrons. The van der Waals surface area contributed by atoms with E-state index < -0.39 is 0 Å². The fraction of sp³-hybridized carbons (Fsp3) is 1.00. The van der Waals surface area contributed by atoms with E-state index in [4.69, 9.17) is 0 Å². The molecule has 0 aromatic heterocycles. The molecule has 1 aliphatic heterocycles. The van der Waals surface area contributed by atoms with Gasteiger partial charge < -0.3 is 10.2 Å². The first-order chi connectivity index (χ1) is 9.42. The summed E-state index contributed by atoms with van der Waals surface area (Å²) < 4.78 is 0. The molecule has 110 valence electrons. The number of unbranched alkanes of at least 4 members (excludes halogenated alkanes) is 1. The van der Waals surface area contributed by atoms with Crippen molar-refractivity contribution in [1.82, 2.24) is 15.1 Å². The molecule has 1 heterocycles. The topological polar surface area (TPSA) is 18.5 Å². The molecule has 1 N–H and O–H groups in total. The maximum Gasteiger partial charge on any atom is 0.0113 e. The van der Waals surface area contributed by atoms with Gasteiger partial charge in [0.25, 0.3) is 0 Å². The molecule has 3 aliphatic rings. The van der Waals surface area contributed by atoms with Gasteiger partial charge in [0.05, 0.1) is 0 Å². The highest BCUT2D eigenvalue weighted by atomic mass is 15.3. The molecule has 0 amide bonds. The van der Waals surface area contributed by atoms with Crippen LogP contribution in [0, 0.1) is 0 Å². The SMILES string of the molecule is C(CCN1CCN(C2CCCC2)CC1)CNC1CC1. The summed E-state index contributed by atoms with van der Waals surface area (Å²) in [5.41, 5.74) is 0. The molecular weight excluding hydrogens is 234 g/mol. The Morgan fingerprint density at radius 3 is 2.26 bits per heavy atom. The van der Waals surface area contributed by atoms with Crippen molar-refractivity contribution in [1.29, 1.82) is 0 Å². The van der Waals surface area contributed by atoms with Crippen LogP contribution in [0.15, 0.2) is 0 Å². The molecule has 0 aromatic rings. The highest BCUT2D eigenvalue weighted by molar-refractivity contribution is 4.82. The van der Waals surface area contributed by atoms with Crippen molar-refractivity contribution in [2.75, 3.05) is 39.3 Å². The first-order valence-corrected chi connectivity index (χ1v) is 8.61. The monoisotopic (exact) mass is 265 g/mol. The highest BCUT2D eigenvalue weighted by Crippen LogP contribution is 2.24. The summed E-state index contributed by atoms with van der Waals surface area (Å²) in [5, 5.41) is 3.61. The van der Waals surface area contributed by atoms with Crippen LogP contribution in [-0.2, 0) is 0 Å². The Kier molecular flexibility index (Phi) is 5.14. The zero-order chi connectivity index (χ0) is 12.9. The third-order valence-electron chi connectivity index (χ3n) is 5.16. The first kappa shape index (κ1) is 13.8. The van der Waals surface area contributed by atoms with Gasteiger partial charge in [-0.3, -0.25) is 4.90 Å². The molecule has 3 nitrogen and oxygen atoms in total. The van der Waals surface area contributed by atoms with E-state index in [0.717, 1.165) is 12.1 Å². The van der Waals surface area contributed by atoms with Gasteiger partial charge in [-0.1, -0.05) is 12.8 Å². The maximum absolute atomic E-state index is 3.61. The second-order valence-electron chi connectivity index (χ2n) is 6.75. The number of hydrogen-bond donors (Lipinski definition) is 1. The van der Waals surface area contributed by atoms with Crippen LogP contribution >= 0.6 is 0 Å². The minimum atomic E-state index is 0.884. The van der Waals surface area contributed by atoms with Crippen molar-refractivity contribution in [2.24, 2.45) is 0 Å².